The van der Waals surface area contributed by atoms with Crippen molar-refractivity contribution in [2.75, 3.05) is 71.7 Å². The molecular weight excluding hydrogens is 359 g/mol. The second-order valence-electron chi connectivity index (χ2n) is 7.36. The highest BCUT2D eigenvalue weighted by Gasteiger charge is 2.24. The third kappa shape index (κ3) is 7.60. The number of carbonyl (C=O) groups is 1. The molecule has 3 N–H and O–H groups in total. The third-order valence-corrected chi connectivity index (χ3v) is 6.09. The molecule has 0 amide bonds. The standard InChI is InChI=1S/C16H33N4O5P/c1-15(16(21)22)20-7-3-5-17-8-9-18(12-13-20)4-2-6-19(11-10-17)14-26(23,24)25/h15H,2-14H2,1H3,(H,21,22)(H2,23,24,25). The molecule has 2 rings (SSSR count). The molecule has 3 unspecified atom stereocenters. The van der Waals surface area contributed by atoms with Crippen LogP contribution in [0.2, 0.25) is 0 Å². The Kier molecular flexibility index (Phi) is 8.47. The van der Waals surface area contributed by atoms with Gasteiger partial charge in [-0.3, -0.25) is 19.2 Å². The highest BCUT2D eigenvalue weighted by molar-refractivity contribution is 7.51. The fourth-order valence-electron chi connectivity index (χ4n) is 3.69. The van der Waals surface area contributed by atoms with Crippen LogP contribution in [0.1, 0.15) is 19.8 Å². The van der Waals surface area contributed by atoms with Crippen LogP contribution in [-0.2, 0) is 9.36 Å². The van der Waals surface area contributed by atoms with Gasteiger partial charge in [-0.15, -0.1) is 0 Å². The lowest BCUT2D eigenvalue weighted by molar-refractivity contribution is -0.142. The van der Waals surface area contributed by atoms with Crippen molar-refractivity contribution in [3.63, 3.8) is 0 Å². The highest BCUT2D eigenvalue weighted by Crippen LogP contribution is 2.35. The van der Waals surface area contributed by atoms with Crippen LogP contribution in [0, 0.1) is 0 Å². The molecule has 0 aromatic carbocycles. The van der Waals surface area contributed by atoms with Crippen LogP contribution in [-0.4, -0.2) is 118 Å². The second kappa shape index (κ2) is 10.1. The van der Waals surface area contributed by atoms with E-state index in [-0.39, 0.29) is 6.29 Å². The Morgan fingerprint density at radius 1 is 0.885 bits per heavy atom. The van der Waals surface area contributed by atoms with Gasteiger partial charge in [0.05, 0.1) is 0 Å². The summed E-state index contributed by atoms with van der Waals surface area (Å²) in [6.45, 7) is 9.80. The summed E-state index contributed by atoms with van der Waals surface area (Å²) in [4.78, 5) is 38.5. The van der Waals surface area contributed by atoms with Gasteiger partial charge in [0.2, 0.25) is 0 Å². The smallest absolute Gasteiger partial charge is 0.339 e. The molecule has 2 aliphatic heterocycles. The van der Waals surface area contributed by atoms with E-state index >= 15 is 0 Å². The van der Waals surface area contributed by atoms with Crippen LogP contribution < -0.4 is 0 Å². The van der Waals surface area contributed by atoms with E-state index in [1.807, 2.05) is 9.80 Å². The molecule has 0 aliphatic carbocycles. The average molecular weight is 392 g/mol. The van der Waals surface area contributed by atoms with Gasteiger partial charge in [-0.2, -0.15) is 0 Å². The van der Waals surface area contributed by atoms with E-state index in [9.17, 15) is 24.3 Å². The van der Waals surface area contributed by atoms with E-state index in [4.69, 9.17) is 0 Å². The normalized spacial score (nSPS) is 29.2. The Hall–Kier alpha value is -0.540. The van der Waals surface area contributed by atoms with Crippen LogP contribution in [0.3, 0.4) is 0 Å². The Morgan fingerprint density at radius 2 is 1.42 bits per heavy atom. The van der Waals surface area contributed by atoms with Crippen molar-refractivity contribution in [1.82, 2.24) is 19.6 Å². The zero-order valence-electron chi connectivity index (χ0n) is 15.7. The van der Waals surface area contributed by atoms with E-state index in [1.54, 1.807) is 6.92 Å². The van der Waals surface area contributed by atoms with E-state index in [0.717, 1.165) is 65.2 Å². The first-order valence-corrected chi connectivity index (χ1v) is 11.2. The molecule has 2 fully saturated rings. The Balaban J connectivity index is 2.02. The van der Waals surface area contributed by atoms with E-state index < -0.39 is 19.6 Å². The molecular formula is C16H33N4O5P. The molecule has 10 heteroatoms. The molecule has 0 radical (unpaired) electrons. The van der Waals surface area contributed by atoms with Crippen LogP contribution in [0.4, 0.5) is 0 Å². The Labute approximate surface area is 155 Å². The first kappa shape index (κ1) is 21.8. The number of hydrogen-bond donors (Lipinski definition) is 3. The first-order valence-electron chi connectivity index (χ1n) is 9.43. The summed E-state index contributed by atoms with van der Waals surface area (Å²) < 4.78 is 11.4. The van der Waals surface area contributed by atoms with Gasteiger partial charge in [0.1, 0.15) is 12.3 Å². The maximum atomic E-state index is 11.4. The fraction of sp³-hybridized carbons (Fsp3) is 0.938. The number of aliphatic carboxylic acids is 1. The van der Waals surface area contributed by atoms with Crippen LogP contribution in [0.15, 0.2) is 0 Å². The highest BCUT2D eigenvalue weighted by atomic mass is 31.2. The monoisotopic (exact) mass is 392 g/mol. The van der Waals surface area contributed by atoms with Gasteiger partial charge in [0.15, 0.2) is 0 Å². The zero-order valence-corrected chi connectivity index (χ0v) is 16.6. The van der Waals surface area contributed by atoms with E-state index in [2.05, 4.69) is 9.80 Å². The number of carboxylic acids is 1. The molecule has 9 nitrogen and oxygen atoms in total. The zero-order chi connectivity index (χ0) is 19.2. The summed E-state index contributed by atoms with van der Waals surface area (Å²) in [6.07, 6.45) is 1.58. The number of carboxylic acid groups (broad SMARTS) is 1. The molecule has 2 heterocycles. The largest absolute Gasteiger partial charge is 0.480 e. The Bertz CT molecular complexity index is 503. The van der Waals surface area contributed by atoms with Gasteiger partial charge in [0.25, 0.3) is 0 Å². The maximum Gasteiger partial charge on any atom is 0.339 e. The first-order chi connectivity index (χ1) is 12.2. The minimum Gasteiger partial charge on any atom is -0.480 e. The summed E-state index contributed by atoms with van der Waals surface area (Å²) in [5, 5.41) is 9.32. The van der Waals surface area contributed by atoms with Crippen LogP contribution in [0.5, 0.6) is 0 Å². The van der Waals surface area contributed by atoms with Crippen molar-refractivity contribution in [2.24, 2.45) is 0 Å². The summed E-state index contributed by atoms with van der Waals surface area (Å²) >= 11 is 0. The maximum absolute atomic E-state index is 11.4. The molecule has 152 valence electrons. The van der Waals surface area contributed by atoms with Crippen molar-refractivity contribution in [1.29, 1.82) is 0 Å². The predicted molar refractivity (Wildman–Crippen MR) is 99.3 cm³/mol. The molecule has 26 heavy (non-hydrogen) atoms. The minimum absolute atomic E-state index is 0.176. The molecule has 0 spiro atoms. The summed E-state index contributed by atoms with van der Waals surface area (Å²) in [6, 6.07) is -0.476. The summed E-state index contributed by atoms with van der Waals surface area (Å²) in [7, 11) is -4.04. The number of fused-ring (bicyclic) bond motifs is 3. The average Bonchev–Trinajstić information content (AvgIpc) is 2.56. The minimum atomic E-state index is -4.04. The van der Waals surface area contributed by atoms with Crippen LogP contribution >= 0.6 is 7.60 Å². The van der Waals surface area contributed by atoms with Gasteiger partial charge in [-0.25, -0.2) is 0 Å². The van der Waals surface area contributed by atoms with Crippen molar-refractivity contribution < 1.29 is 24.3 Å². The molecule has 0 saturated carbocycles. The molecule has 2 aliphatic rings. The molecule has 0 aromatic heterocycles. The van der Waals surface area contributed by atoms with Crippen molar-refractivity contribution in [3.8, 4) is 0 Å². The van der Waals surface area contributed by atoms with Crippen LogP contribution in [0.25, 0.3) is 0 Å². The van der Waals surface area contributed by atoms with Crippen molar-refractivity contribution >= 4 is 13.6 Å². The third-order valence-electron chi connectivity index (χ3n) is 5.33. The fourth-order valence-corrected chi connectivity index (χ4v) is 4.49. The lowest BCUT2D eigenvalue weighted by Crippen LogP contribution is -2.49. The lowest BCUT2D eigenvalue weighted by atomic mass is 10.2. The van der Waals surface area contributed by atoms with Gasteiger partial charge < -0.3 is 24.7 Å². The van der Waals surface area contributed by atoms with Crippen molar-refractivity contribution in [2.45, 2.75) is 25.8 Å². The Morgan fingerprint density at radius 3 is 2.00 bits per heavy atom. The second-order valence-corrected chi connectivity index (χ2v) is 8.98. The predicted octanol–water partition coefficient (Wildman–Crippen LogP) is -0.390. The van der Waals surface area contributed by atoms with E-state index in [1.165, 1.54) is 0 Å². The topological polar surface area (TPSA) is 108 Å². The molecule has 2 saturated heterocycles. The molecule has 0 aromatic rings. The van der Waals surface area contributed by atoms with Gasteiger partial charge in [-0.1, -0.05) is 0 Å². The number of rotatable bonds is 4. The van der Waals surface area contributed by atoms with Gasteiger partial charge >= 0.3 is 13.6 Å². The summed E-state index contributed by atoms with van der Waals surface area (Å²) in [5.41, 5.74) is 0. The van der Waals surface area contributed by atoms with Gasteiger partial charge in [-0.05, 0) is 32.9 Å². The SMILES string of the molecule is CC(C(=O)O)N1CCCN2CCN(CCCN(CP(=O)(O)O)CC2)CC1. The quantitative estimate of drug-likeness (QED) is 0.551. The molecule has 2 bridgehead atoms. The molecule has 3 atom stereocenters. The number of hydrogen-bond acceptors (Lipinski definition) is 6. The lowest BCUT2D eigenvalue weighted by Gasteiger charge is -2.36. The number of nitrogens with zero attached hydrogens (tertiary/aromatic N) is 4. The van der Waals surface area contributed by atoms with E-state index in [0.29, 0.717) is 13.1 Å². The van der Waals surface area contributed by atoms with Gasteiger partial charge in [0, 0.05) is 52.4 Å². The van der Waals surface area contributed by atoms with Crippen molar-refractivity contribution in [3.05, 3.63) is 0 Å². The summed E-state index contributed by atoms with van der Waals surface area (Å²) in [5.74, 6) is -0.778.